The molecule has 1 unspecified atom stereocenters. The van der Waals surface area contributed by atoms with Crippen LogP contribution in [-0.4, -0.2) is 45.9 Å². The molecule has 2 N–H and O–H groups in total. The zero-order chi connectivity index (χ0) is 23.4. The molecule has 1 fully saturated rings. The molecule has 1 saturated carbocycles. The minimum atomic E-state index is -0.981. The Morgan fingerprint density at radius 3 is 2.64 bits per heavy atom. The van der Waals surface area contributed by atoms with E-state index in [0.29, 0.717) is 37.1 Å². The van der Waals surface area contributed by atoms with E-state index in [-0.39, 0.29) is 11.3 Å². The van der Waals surface area contributed by atoms with Crippen molar-refractivity contribution in [3.8, 4) is 5.75 Å². The molecule has 4 rings (SSSR count). The zero-order valence-electron chi connectivity index (χ0n) is 18.3. The summed E-state index contributed by atoms with van der Waals surface area (Å²) in [5, 5.41) is 22.0. The standard InChI is InChI=1S/C24H26N2O6S/c1-2-31-20(23(27)28)13-15-3-8-18(9-4-15)32-12-11-26-19-10-7-17(14-21(19)33-24(26)29)22(25-30)16-5-6-16/h3-4,7-10,14,16,20,30H,2,5-6,11-13H2,1H3,(H,27,28). The predicted octanol–water partition coefficient (Wildman–Crippen LogP) is 3.76. The molecule has 0 bridgehead atoms. The molecule has 1 aliphatic rings. The summed E-state index contributed by atoms with van der Waals surface area (Å²) in [4.78, 5) is 23.7. The van der Waals surface area contributed by atoms with Crippen molar-refractivity contribution in [2.75, 3.05) is 13.2 Å². The second kappa shape index (κ2) is 10.2. The number of benzene rings is 2. The monoisotopic (exact) mass is 470 g/mol. The first-order valence-electron chi connectivity index (χ1n) is 10.9. The van der Waals surface area contributed by atoms with Crippen LogP contribution in [0.5, 0.6) is 5.75 Å². The number of carboxylic acid groups (broad SMARTS) is 1. The van der Waals surface area contributed by atoms with Crippen LogP contribution in [0.3, 0.4) is 0 Å². The molecule has 0 amide bonds. The Balaban J connectivity index is 1.38. The normalized spacial score (nSPS) is 15.0. The SMILES string of the molecule is CCOC(Cc1ccc(OCCn2c(=O)sc3cc(C(=NO)C4CC4)ccc32)cc1)C(=O)O. The molecule has 174 valence electrons. The van der Waals surface area contributed by atoms with Crippen LogP contribution in [0.25, 0.3) is 10.2 Å². The average molecular weight is 471 g/mol. The third-order valence-corrected chi connectivity index (χ3v) is 6.55. The predicted molar refractivity (Wildman–Crippen MR) is 126 cm³/mol. The molecular weight excluding hydrogens is 444 g/mol. The Morgan fingerprint density at radius 1 is 1.24 bits per heavy atom. The quantitative estimate of drug-likeness (QED) is 0.251. The van der Waals surface area contributed by atoms with Gasteiger partial charge in [-0.15, -0.1) is 0 Å². The van der Waals surface area contributed by atoms with Crippen LogP contribution >= 0.6 is 11.3 Å². The number of ether oxygens (including phenoxy) is 2. The Labute approximate surface area is 194 Å². The second-order valence-electron chi connectivity index (χ2n) is 7.94. The van der Waals surface area contributed by atoms with Crippen LogP contribution in [0.4, 0.5) is 0 Å². The molecule has 0 spiro atoms. The van der Waals surface area contributed by atoms with E-state index in [4.69, 9.17) is 9.47 Å². The van der Waals surface area contributed by atoms with Gasteiger partial charge in [0.1, 0.15) is 12.4 Å². The summed E-state index contributed by atoms with van der Waals surface area (Å²) in [6, 6.07) is 12.9. The van der Waals surface area contributed by atoms with Crippen molar-refractivity contribution in [1.82, 2.24) is 4.57 Å². The summed E-state index contributed by atoms with van der Waals surface area (Å²) in [5.41, 5.74) is 3.21. The lowest BCUT2D eigenvalue weighted by atomic mass is 10.1. The molecule has 0 saturated heterocycles. The van der Waals surface area contributed by atoms with E-state index in [9.17, 15) is 19.9 Å². The zero-order valence-corrected chi connectivity index (χ0v) is 19.1. The maximum Gasteiger partial charge on any atom is 0.333 e. The van der Waals surface area contributed by atoms with E-state index in [1.54, 1.807) is 23.6 Å². The highest BCUT2D eigenvalue weighted by molar-refractivity contribution is 7.16. The molecule has 8 nitrogen and oxygen atoms in total. The van der Waals surface area contributed by atoms with Gasteiger partial charge in [-0.25, -0.2) is 4.79 Å². The Bertz CT molecular complexity index is 1210. The van der Waals surface area contributed by atoms with Gasteiger partial charge in [-0.05, 0) is 49.6 Å². The van der Waals surface area contributed by atoms with E-state index < -0.39 is 12.1 Å². The molecule has 1 atom stereocenters. The lowest BCUT2D eigenvalue weighted by molar-refractivity contribution is -0.149. The summed E-state index contributed by atoms with van der Waals surface area (Å²) >= 11 is 1.17. The van der Waals surface area contributed by atoms with Gasteiger partial charge in [-0.2, -0.15) is 0 Å². The van der Waals surface area contributed by atoms with Gasteiger partial charge in [0, 0.05) is 24.5 Å². The van der Waals surface area contributed by atoms with Crippen LogP contribution in [0.15, 0.2) is 52.4 Å². The topological polar surface area (TPSA) is 110 Å². The summed E-state index contributed by atoms with van der Waals surface area (Å²) in [5.74, 6) is -0.0319. The number of hydrogen-bond acceptors (Lipinski definition) is 7. The largest absolute Gasteiger partial charge is 0.492 e. The molecule has 1 heterocycles. The number of fused-ring (bicyclic) bond motifs is 1. The summed E-state index contributed by atoms with van der Waals surface area (Å²) in [6.07, 6.45) is 1.47. The Hall–Kier alpha value is -3.17. The van der Waals surface area contributed by atoms with E-state index in [0.717, 1.165) is 34.2 Å². The molecule has 0 aliphatic heterocycles. The number of aliphatic carboxylic acids is 1. The Kier molecular flexibility index (Phi) is 7.10. The van der Waals surface area contributed by atoms with Crippen molar-refractivity contribution in [3.05, 3.63) is 63.3 Å². The first kappa shape index (κ1) is 23.0. The second-order valence-corrected chi connectivity index (χ2v) is 8.93. The van der Waals surface area contributed by atoms with Gasteiger partial charge in [0.2, 0.25) is 0 Å². The smallest absolute Gasteiger partial charge is 0.333 e. The minimum Gasteiger partial charge on any atom is -0.492 e. The van der Waals surface area contributed by atoms with Crippen LogP contribution in [-0.2, 0) is 22.5 Å². The van der Waals surface area contributed by atoms with Gasteiger partial charge in [0.15, 0.2) is 6.10 Å². The molecular formula is C24H26N2O6S. The number of thiazole rings is 1. The van der Waals surface area contributed by atoms with Crippen molar-refractivity contribution < 1.29 is 24.6 Å². The highest BCUT2D eigenvalue weighted by Crippen LogP contribution is 2.34. The van der Waals surface area contributed by atoms with Crippen molar-refractivity contribution in [2.24, 2.45) is 11.1 Å². The first-order valence-corrected chi connectivity index (χ1v) is 11.7. The maximum absolute atomic E-state index is 12.5. The van der Waals surface area contributed by atoms with Gasteiger partial charge in [-0.1, -0.05) is 34.7 Å². The molecule has 2 aromatic carbocycles. The molecule has 1 aromatic heterocycles. The van der Waals surface area contributed by atoms with Gasteiger partial charge in [-0.3, -0.25) is 9.36 Å². The lowest BCUT2D eigenvalue weighted by Gasteiger charge is -2.13. The van der Waals surface area contributed by atoms with Gasteiger partial charge < -0.3 is 19.8 Å². The molecule has 0 radical (unpaired) electrons. The average Bonchev–Trinajstić information content (AvgIpc) is 3.58. The van der Waals surface area contributed by atoms with E-state index in [2.05, 4.69) is 5.16 Å². The summed E-state index contributed by atoms with van der Waals surface area (Å²) < 4.78 is 13.6. The van der Waals surface area contributed by atoms with Gasteiger partial charge in [0.05, 0.1) is 22.5 Å². The maximum atomic E-state index is 12.5. The number of oxime groups is 1. The molecule has 9 heteroatoms. The fraction of sp³-hybridized carbons (Fsp3) is 0.375. The summed E-state index contributed by atoms with van der Waals surface area (Å²) in [7, 11) is 0. The van der Waals surface area contributed by atoms with Crippen LogP contribution in [0.2, 0.25) is 0 Å². The van der Waals surface area contributed by atoms with E-state index in [1.165, 1.54) is 11.3 Å². The third-order valence-electron chi connectivity index (χ3n) is 5.61. The fourth-order valence-electron chi connectivity index (χ4n) is 3.78. The number of aromatic nitrogens is 1. The summed E-state index contributed by atoms with van der Waals surface area (Å²) in [6.45, 7) is 2.82. The van der Waals surface area contributed by atoms with Crippen LogP contribution < -0.4 is 9.61 Å². The van der Waals surface area contributed by atoms with Crippen molar-refractivity contribution in [2.45, 2.75) is 38.8 Å². The number of carbonyl (C=O) groups is 1. The molecule has 3 aromatic rings. The third kappa shape index (κ3) is 5.43. The first-order chi connectivity index (χ1) is 16.0. The van der Waals surface area contributed by atoms with Crippen molar-refractivity contribution in [3.63, 3.8) is 0 Å². The fourth-order valence-corrected chi connectivity index (χ4v) is 4.74. The van der Waals surface area contributed by atoms with Gasteiger partial charge in [0.25, 0.3) is 0 Å². The van der Waals surface area contributed by atoms with Crippen LogP contribution in [0, 0.1) is 5.92 Å². The number of hydrogen-bond donors (Lipinski definition) is 2. The number of nitrogens with zero attached hydrogens (tertiary/aromatic N) is 2. The number of rotatable bonds is 11. The van der Waals surface area contributed by atoms with E-state index >= 15 is 0 Å². The number of carboxylic acids is 1. The highest BCUT2D eigenvalue weighted by Gasteiger charge is 2.29. The van der Waals surface area contributed by atoms with Crippen LogP contribution in [0.1, 0.15) is 30.9 Å². The Morgan fingerprint density at radius 2 is 2.00 bits per heavy atom. The van der Waals surface area contributed by atoms with Crippen molar-refractivity contribution >= 4 is 33.2 Å². The minimum absolute atomic E-state index is 0.0642. The molecule has 33 heavy (non-hydrogen) atoms. The highest BCUT2D eigenvalue weighted by atomic mass is 32.1. The van der Waals surface area contributed by atoms with Crippen molar-refractivity contribution in [1.29, 1.82) is 0 Å². The molecule has 1 aliphatic carbocycles. The van der Waals surface area contributed by atoms with Gasteiger partial charge >= 0.3 is 10.8 Å². The lowest BCUT2D eigenvalue weighted by Crippen LogP contribution is -2.26. The van der Waals surface area contributed by atoms with E-state index in [1.807, 2.05) is 30.3 Å².